The largest absolute Gasteiger partial charge is 0.493 e. The maximum atomic E-state index is 13.0. The first kappa shape index (κ1) is 22.9. The molecule has 0 aliphatic carbocycles. The van der Waals surface area contributed by atoms with Crippen molar-refractivity contribution in [3.8, 4) is 23.0 Å². The number of nitrogens with zero attached hydrogens (tertiary/aromatic N) is 2. The minimum atomic E-state index is -3.78. The van der Waals surface area contributed by atoms with E-state index < -0.39 is 10.0 Å². The van der Waals surface area contributed by atoms with Gasteiger partial charge in [0.05, 0.1) is 14.2 Å². The summed E-state index contributed by atoms with van der Waals surface area (Å²) in [7, 11) is -0.652. The van der Waals surface area contributed by atoms with Gasteiger partial charge in [0.2, 0.25) is 11.0 Å². The van der Waals surface area contributed by atoms with Gasteiger partial charge in [-0.3, -0.25) is 9.89 Å². The Hall–Kier alpha value is -3.31. The molecule has 1 saturated heterocycles. The predicted molar refractivity (Wildman–Crippen MR) is 119 cm³/mol. The molecule has 1 aliphatic heterocycles. The van der Waals surface area contributed by atoms with Crippen molar-refractivity contribution in [1.82, 2.24) is 19.8 Å². The Balaban J connectivity index is 1.32. The molecule has 33 heavy (non-hydrogen) atoms. The number of methoxy groups -OCH3 is 2. The van der Waals surface area contributed by atoms with E-state index in [2.05, 4.69) is 15.5 Å². The Morgan fingerprint density at radius 1 is 1.15 bits per heavy atom. The van der Waals surface area contributed by atoms with Crippen molar-refractivity contribution in [2.24, 2.45) is 5.92 Å². The highest BCUT2D eigenvalue weighted by atomic mass is 32.2. The van der Waals surface area contributed by atoms with Crippen molar-refractivity contribution in [3.05, 3.63) is 48.2 Å². The van der Waals surface area contributed by atoms with Crippen molar-refractivity contribution in [2.45, 2.75) is 24.5 Å². The van der Waals surface area contributed by atoms with E-state index in [-0.39, 0.29) is 30.0 Å². The molecule has 0 spiro atoms. The summed E-state index contributed by atoms with van der Waals surface area (Å²) in [6, 6.07) is 10.2. The maximum Gasteiger partial charge on any atom is 0.276 e. The van der Waals surface area contributed by atoms with E-state index in [0.29, 0.717) is 42.3 Å². The lowest BCUT2D eigenvalue weighted by Gasteiger charge is -2.29. The van der Waals surface area contributed by atoms with Crippen LogP contribution in [0.15, 0.2) is 52.1 Å². The Morgan fingerprint density at radius 3 is 2.58 bits per heavy atom. The number of sulfonamides is 1. The molecule has 4 rings (SSSR count). The second-order valence-electron chi connectivity index (χ2n) is 7.67. The number of hydrogen-bond donors (Lipinski definition) is 2. The summed E-state index contributed by atoms with van der Waals surface area (Å²) in [5, 5.41) is 9.39. The Bertz CT molecular complexity index is 1200. The van der Waals surface area contributed by atoms with Crippen molar-refractivity contribution < 1.29 is 27.1 Å². The third-order valence-electron chi connectivity index (χ3n) is 5.68. The Morgan fingerprint density at radius 2 is 1.91 bits per heavy atom. The summed E-state index contributed by atoms with van der Waals surface area (Å²) in [5.74, 6) is 1.26. The van der Waals surface area contributed by atoms with Crippen LogP contribution in [0, 0.1) is 5.92 Å². The molecule has 1 aromatic carbocycles. The van der Waals surface area contributed by atoms with Crippen LogP contribution in [0.5, 0.6) is 11.5 Å². The summed E-state index contributed by atoms with van der Waals surface area (Å²) in [4.78, 5) is 12.6. The van der Waals surface area contributed by atoms with Gasteiger partial charge in [-0.2, -0.15) is 9.40 Å². The molecule has 2 aromatic heterocycles. The zero-order valence-electron chi connectivity index (χ0n) is 18.4. The molecule has 11 heteroatoms. The van der Waals surface area contributed by atoms with Gasteiger partial charge in [-0.15, -0.1) is 0 Å². The zero-order chi connectivity index (χ0) is 23.4. The smallest absolute Gasteiger partial charge is 0.276 e. The third kappa shape index (κ3) is 4.88. The number of benzene rings is 1. The highest BCUT2D eigenvalue weighted by Crippen LogP contribution is 2.29. The van der Waals surface area contributed by atoms with Crippen LogP contribution < -0.4 is 14.8 Å². The summed E-state index contributed by atoms with van der Waals surface area (Å²) in [6.07, 6.45) is 2.43. The number of amides is 1. The lowest BCUT2D eigenvalue weighted by Crippen LogP contribution is -2.42. The van der Waals surface area contributed by atoms with Crippen LogP contribution in [0.25, 0.3) is 11.5 Å². The molecule has 176 valence electrons. The van der Waals surface area contributed by atoms with Crippen LogP contribution in [0.1, 0.15) is 18.4 Å². The number of carbonyl (C=O) groups excluding carboxylic acids is 1. The van der Waals surface area contributed by atoms with Gasteiger partial charge in [0.1, 0.15) is 5.69 Å². The van der Waals surface area contributed by atoms with Gasteiger partial charge in [0.15, 0.2) is 17.3 Å². The van der Waals surface area contributed by atoms with E-state index in [9.17, 15) is 13.2 Å². The molecule has 2 N–H and O–H groups in total. The van der Waals surface area contributed by atoms with E-state index >= 15 is 0 Å². The number of piperidine rings is 1. The van der Waals surface area contributed by atoms with Crippen LogP contribution in [0.4, 0.5) is 0 Å². The Labute approximate surface area is 191 Å². The lowest BCUT2D eigenvalue weighted by molar-refractivity contribution is -0.126. The molecule has 0 saturated carbocycles. The predicted octanol–water partition coefficient (Wildman–Crippen LogP) is 2.40. The molecule has 1 fully saturated rings. The SMILES string of the molecule is COc1ccc(CNC(=O)C2CCN(S(=O)(=O)c3ccc(-c4ccn[nH]4)o3)CC2)cc1OC. The summed E-state index contributed by atoms with van der Waals surface area (Å²) in [5.41, 5.74) is 1.48. The molecule has 0 atom stereocenters. The third-order valence-corrected chi connectivity index (χ3v) is 7.45. The maximum absolute atomic E-state index is 13.0. The quantitative estimate of drug-likeness (QED) is 0.513. The summed E-state index contributed by atoms with van der Waals surface area (Å²) >= 11 is 0. The molecular formula is C22H26N4O6S. The number of nitrogens with one attached hydrogen (secondary N) is 2. The normalized spacial score (nSPS) is 15.3. The standard InChI is InChI=1S/C22H26N4O6S/c1-30-19-4-3-15(13-20(19)31-2)14-23-22(27)16-8-11-26(12-9-16)33(28,29)21-6-5-18(32-21)17-7-10-24-25-17/h3-7,10,13,16H,8-9,11-12,14H2,1-2H3,(H,23,27)(H,24,25). The van der Waals surface area contributed by atoms with Crippen LogP contribution in [0.3, 0.4) is 0 Å². The molecule has 3 aromatic rings. The highest BCUT2D eigenvalue weighted by Gasteiger charge is 2.34. The van der Waals surface area contributed by atoms with E-state index in [4.69, 9.17) is 13.9 Å². The monoisotopic (exact) mass is 474 g/mol. The van der Waals surface area contributed by atoms with Gasteiger partial charge >= 0.3 is 0 Å². The minimum absolute atomic E-state index is 0.0960. The first-order valence-electron chi connectivity index (χ1n) is 10.5. The lowest BCUT2D eigenvalue weighted by atomic mass is 9.97. The molecule has 0 bridgehead atoms. The fourth-order valence-electron chi connectivity index (χ4n) is 3.81. The van der Waals surface area contributed by atoms with Crippen LogP contribution >= 0.6 is 0 Å². The van der Waals surface area contributed by atoms with E-state index in [0.717, 1.165) is 5.56 Å². The molecule has 10 nitrogen and oxygen atoms in total. The van der Waals surface area contributed by atoms with Crippen molar-refractivity contribution in [3.63, 3.8) is 0 Å². The van der Waals surface area contributed by atoms with Crippen LogP contribution in [-0.4, -0.2) is 56.1 Å². The average molecular weight is 475 g/mol. The summed E-state index contributed by atoms with van der Waals surface area (Å²) < 4.78 is 43.3. The number of carbonyl (C=O) groups is 1. The second kappa shape index (κ2) is 9.67. The van der Waals surface area contributed by atoms with Crippen molar-refractivity contribution >= 4 is 15.9 Å². The average Bonchev–Trinajstić information content (AvgIpc) is 3.55. The summed E-state index contributed by atoms with van der Waals surface area (Å²) in [6.45, 7) is 0.841. The zero-order valence-corrected chi connectivity index (χ0v) is 19.2. The second-order valence-corrected chi connectivity index (χ2v) is 9.54. The fourth-order valence-corrected chi connectivity index (χ4v) is 5.19. The first-order chi connectivity index (χ1) is 15.9. The molecular weight excluding hydrogens is 448 g/mol. The molecule has 1 amide bonds. The molecule has 0 radical (unpaired) electrons. The van der Waals surface area contributed by atoms with Gasteiger partial charge in [0, 0.05) is 31.7 Å². The van der Waals surface area contributed by atoms with Crippen molar-refractivity contribution in [1.29, 1.82) is 0 Å². The number of ether oxygens (including phenoxy) is 2. The minimum Gasteiger partial charge on any atom is -0.493 e. The van der Waals surface area contributed by atoms with Gasteiger partial charge < -0.3 is 19.2 Å². The molecule has 1 aliphatic rings. The topological polar surface area (TPSA) is 127 Å². The first-order valence-corrected chi connectivity index (χ1v) is 11.9. The number of aromatic nitrogens is 2. The molecule has 3 heterocycles. The van der Waals surface area contributed by atoms with E-state index in [1.54, 1.807) is 38.6 Å². The van der Waals surface area contributed by atoms with E-state index in [1.165, 1.54) is 10.4 Å². The van der Waals surface area contributed by atoms with E-state index in [1.807, 2.05) is 12.1 Å². The van der Waals surface area contributed by atoms with Gasteiger partial charge in [-0.25, -0.2) is 8.42 Å². The van der Waals surface area contributed by atoms with Gasteiger partial charge in [0.25, 0.3) is 10.0 Å². The number of rotatable bonds is 8. The van der Waals surface area contributed by atoms with Crippen LogP contribution in [0.2, 0.25) is 0 Å². The highest BCUT2D eigenvalue weighted by molar-refractivity contribution is 7.89. The molecule has 0 unspecified atom stereocenters. The number of furan rings is 1. The fraction of sp³-hybridized carbons (Fsp3) is 0.364. The number of hydrogen-bond acceptors (Lipinski definition) is 7. The number of H-pyrrole nitrogens is 1. The van der Waals surface area contributed by atoms with Crippen molar-refractivity contribution in [2.75, 3.05) is 27.3 Å². The number of aromatic amines is 1. The Kier molecular flexibility index (Phi) is 6.70. The van der Waals surface area contributed by atoms with Crippen LogP contribution in [-0.2, 0) is 21.4 Å². The van der Waals surface area contributed by atoms with Gasteiger partial charge in [-0.1, -0.05) is 6.07 Å². The van der Waals surface area contributed by atoms with Gasteiger partial charge in [-0.05, 0) is 48.7 Å².